The topological polar surface area (TPSA) is 24.9 Å². The maximum absolute atomic E-state index is 6.33. The van der Waals surface area contributed by atoms with Crippen LogP contribution in [0.3, 0.4) is 0 Å². The van der Waals surface area contributed by atoms with E-state index in [4.69, 9.17) is 11.6 Å². The van der Waals surface area contributed by atoms with Crippen molar-refractivity contribution < 1.29 is 0 Å². The summed E-state index contributed by atoms with van der Waals surface area (Å²) in [6, 6.07) is 8.59. The van der Waals surface area contributed by atoms with E-state index in [9.17, 15) is 0 Å². The Kier molecular flexibility index (Phi) is 5.37. The van der Waals surface area contributed by atoms with Gasteiger partial charge >= 0.3 is 0 Å². The van der Waals surface area contributed by atoms with Crippen LogP contribution in [-0.4, -0.2) is 17.6 Å². The molecule has 1 atom stereocenters. The Hall–Kier alpha value is -0.900. The van der Waals surface area contributed by atoms with Crippen LogP contribution >= 0.6 is 22.9 Å². The van der Waals surface area contributed by atoms with E-state index in [1.807, 2.05) is 23.8 Å². The van der Waals surface area contributed by atoms with Crippen molar-refractivity contribution in [3.63, 3.8) is 0 Å². The van der Waals surface area contributed by atoms with Crippen molar-refractivity contribution in [3.05, 3.63) is 51.4 Å². The average molecular weight is 295 g/mol. The highest BCUT2D eigenvalue weighted by Crippen LogP contribution is 2.28. The van der Waals surface area contributed by atoms with Gasteiger partial charge in [0.1, 0.15) is 0 Å². The molecule has 2 rings (SSSR count). The van der Waals surface area contributed by atoms with Crippen LogP contribution < -0.4 is 5.32 Å². The summed E-state index contributed by atoms with van der Waals surface area (Å²) in [5.41, 5.74) is 3.10. The van der Waals surface area contributed by atoms with E-state index in [1.54, 1.807) is 11.3 Å². The molecule has 1 aromatic heterocycles. The van der Waals surface area contributed by atoms with Crippen LogP contribution in [0, 0.1) is 0 Å². The Balaban J connectivity index is 2.16. The van der Waals surface area contributed by atoms with Crippen LogP contribution in [0.25, 0.3) is 0 Å². The Bertz CT molecular complexity index is 497. The van der Waals surface area contributed by atoms with Gasteiger partial charge in [-0.05, 0) is 18.1 Å². The number of halogens is 1. The molecule has 0 aliphatic carbocycles. The molecule has 0 saturated heterocycles. The summed E-state index contributed by atoms with van der Waals surface area (Å²) in [7, 11) is 0. The van der Waals surface area contributed by atoms with Crippen LogP contribution in [0.15, 0.2) is 36.0 Å². The first-order valence-electron chi connectivity index (χ1n) is 6.52. The molecule has 0 bridgehead atoms. The largest absolute Gasteiger partial charge is 0.314 e. The Labute approximate surface area is 123 Å². The second-order valence-corrected chi connectivity index (χ2v) is 6.33. The molecule has 2 aromatic rings. The molecule has 0 aliphatic heterocycles. The quantitative estimate of drug-likeness (QED) is 0.867. The lowest BCUT2D eigenvalue weighted by Gasteiger charge is -2.20. The van der Waals surface area contributed by atoms with Crippen molar-refractivity contribution in [1.29, 1.82) is 0 Å². The van der Waals surface area contributed by atoms with E-state index < -0.39 is 0 Å². The molecule has 2 nitrogen and oxygen atoms in total. The zero-order valence-corrected chi connectivity index (χ0v) is 12.8. The number of benzene rings is 1. The van der Waals surface area contributed by atoms with Crippen LogP contribution in [0.1, 0.15) is 30.2 Å². The number of aromatic nitrogens is 1. The molecule has 1 heterocycles. The van der Waals surface area contributed by atoms with Gasteiger partial charge in [-0.25, -0.2) is 0 Å². The van der Waals surface area contributed by atoms with Gasteiger partial charge in [0.15, 0.2) is 0 Å². The van der Waals surface area contributed by atoms with Crippen molar-refractivity contribution in [1.82, 2.24) is 10.3 Å². The Morgan fingerprint density at radius 2 is 2.11 bits per heavy atom. The zero-order chi connectivity index (χ0) is 13.7. The van der Waals surface area contributed by atoms with Gasteiger partial charge in [-0.2, -0.15) is 0 Å². The molecule has 0 spiro atoms. The fraction of sp³-hybridized carbons (Fsp3) is 0.400. The number of hydrogen-bond acceptors (Lipinski definition) is 3. The number of nitrogens with one attached hydrogen (secondary N) is 1. The van der Waals surface area contributed by atoms with Gasteiger partial charge in [0.25, 0.3) is 0 Å². The van der Waals surface area contributed by atoms with Gasteiger partial charge in [-0.15, -0.1) is 11.3 Å². The molecule has 102 valence electrons. The number of thiazole rings is 1. The smallest absolute Gasteiger partial charge is 0.0794 e. The van der Waals surface area contributed by atoms with Gasteiger partial charge in [0.05, 0.1) is 5.51 Å². The van der Waals surface area contributed by atoms with Gasteiger partial charge in [0, 0.05) is 34.6 Å². The van der Waals surface area contributed by atoms with E-state index >= 15 is 0 Å². The molecule has 1 N–H and O–H groups in total. The third-order valence-electron chi connectivity index (χ3n) is 3.05. The lowest BCUT2D eigenvalue weighted by Crippen LogP contribution is -2.29. The van der Waals surface area contributed by atoms with Crippen LogP contribution in [-0.2, 0) is 6.42 Å². The summed E-state index contributed by atoms with van der Waals surface area (Å²) in [5.74, 6) is 0.386. The average Bonchev–Trinajstić information content (AvgIpc) is 2.88. The van der Waals surface area contributed by atoms with E-state index in [0.29, 0.717) is 12.0 Å². The fourth-order valence-corrected chi connectivity index (χ4v) is 3.03. The van der Waals surface area contributed by atoms with E-state index in [0.717, 1.165) is 18.0 Å². The number of hydrogen-bond donors (Lipinski definition) is 1. The number of nitrogens with zero attached hydrogens (tertiary/aromatic N) is 1. The van der Waals surface area contributed by atoms with Gasteiger partial charge < -0.3 is 5.32 Å². The van der Waals surface area contributed by atoms with E-state index in [-0.39, 0.29) is 0 Å². The molecule has 4 heteroatoms. The molecule has 0 aliphatic rings. The summed E-state index contributed by atoms with van der Waals surface area (Å²) >= 11 is 8.04. The van der Waals surface area contributed by atoms with Crippen molar-refractivity contribution in [2.75, 3.05) is 6.54 Å². The highest BCUT2D eigenvalue weighted by atomic mass is 35.5. The van der Waals surface area contributed by atoms with Crippen molar-refractivity contribution >= 4 is 22.9 Å². The fourth-order valence-electron chi connectivity index (χ4n) is 2.06. The maximum atomic E-state index is 6.33. The van der Waals surface area contributed by atoms with E-state index in [1.165, 1.54) is 10.4 Å². The van der Waals surface area contributed by atoms with Crippen LogP contribution in [0.5, 0.6) is 0 Å². The summed E-state index contributed by atoms with van der Waals surface area (Å²) < 4.78 is 0. The standard InChI is InChI=1S/C15H19ClN2S/c1-11(2)18-8-12(7-13-9-17-10-19-13)14-5-3-4-6-15(14)16/h3-6,9-12,18H,7-8H2,1-2H3. The first-order valence-corrected chi connectivity index (χ1v) is 7.77. The highest BCUT2D eigenvalue weighted by molar-refractivity contribution is 7.09. The van der Waals surface area contributed by atoms with Crippen molar-refractivity contribution in [2.45, 2.75) is 32.2 Å². The molecular weight excluding hydrogens is 276 g/mol. The SMILES string of the molecule is CC(C)NCC(Cc1cncs1)c1ccccc1Cl. The van der Waals surface area contributed by atoms with Crippen LogP contribution in [0.2, 0.25) is 5.02 Å². The predicted molar refractivity (Wildman–Crippen MR) is 83.1 cm³/mol. The lowest BCUT2D eigenvalue weighted by molar-refractivity contribution is 0.528. The lowest BCUT2D eigenvalue weighted by atomic mass is 9.94. The van der Waals surface area contributed by atoms with Crippen molar-refractivity contribution in [3.8, 4) is 0 Å². The maximum Gasteiger partial charge on any atom is 0.0794 e. The minimum Gasteiger partial charge on any atom is -0.314 e. The van der Waals surface area contributed by atoms with Crippen LogP contribution in [0.4, 0.5) is 0 Å². The highest BCUT2D eigenvalue weighted by Gasteiger charge is 2.16. The molecule has 19 heavy (non-hydrogen) atoms. The second kappa shape index (κ2) is 7.04. The number of rotatable bonds is 6. The molecule has 0 saturated carbocycles. The summed E-state index contributed by atoms with van der Waals surface area (Å²) in [4.78, 5) is 5.45. The Morgan fingerprint density at radius 1 is 1.32 bits per heavy atom. The first kappa shape index (κ1) is 14.5. The molecule has 0 radical (unpaired) electrons. The normalized spacial score (nSPS) is 12.8. The summed E-state index contributed by atoms with van der Waals surface area (Å²) in [5, 5.41) is 4.36. The monoisotopic (exact) mass is 294 g/mol. The molecule has 0 amide bonds. The molecule has 1 unspecified atom stereocenters. The van der Waals surface area contributed by atoms with Gasteiger partial charge in [0.2, 0.25) is 0 Å². The van der Waals surface area contributed by atoms with Gasteiger partial charge in [-0.3, -0.25) is 4.98 Å². The van der Waals surface area contributed by atoms with Gasteiger partial charge in [-0.1, -0.05) is 43.6 Å². The third kappa shape index (κ3) is 4.30. The first-order chi connectivity index (χ1) is 9.16. The zero-order valence-electron chi connectivity index (χ0n) is 11.3. The summed E-state index contributed by atoms with van der Waals surface area (Å²) in [6.45, 7) is 5.26. The minimum absolute atomic E-state index is 0.386. The van der Waals surface area contributed by atoms with E-state index in [2.05, 4.69) is 36.3 Å². The minimum atomic E-state index is 0.386. The molecular formula is C15H19ClN2S. The summed E-state index contributed by atoms with van der Waals surface area (Å²) in [6.07, 6.45) is 2.93. The molecule has 0 fully saturated rings. The molecule has 1 aromatic carbocycles. The predicted octanol–water partition coefficient (Wildman–Crippen LogP) is 4.12. The Morgan fingerprint density at radius 3 is 2.74 bits per heavy atom. The third-order valence-corrected chi connectivity index (χ3v) is 4.19. The van der Waals surface area contributed by atoms with Crippen molar-refractivity contribution in [2.24, 2.45) is 0 Å². The second-order valence-electron chi connectivity index (χ2n) is 4.95.